The molecule has 1 saturated heterocycles. The molecule has 1 aromatic rings. The van der Waals surface area contributed by atoms with Gasteiger partial charge < -0.3 is 15.4 Å². The quantitative estimate of drug-likeness (QED) is 0.591. The van der Waals surface area contributed by atoms with Gasteiger partial charge in [0.1, 0.15) is 0 Å². The molecule has 2 N–H and O–H groups in total. The summed E-state index contributed by atoms with van der Waals surface area (Å²) in [5.41, 5.74) is 6.38. The third kappa shape index (κ3) is 6.74. The van der Waals surface area contributed by atoms with Crippen molar-refractivity contribution in [3.8, 4) is 0 Å². The van der Waals surface area contributed by atoms with Gasteiger partial charge in [-0.05, 0) is 62.3 Å². The van der Waals surface area contributed by atoms with Gasteiger partial charge in [0.2, 0.25) is 5.91 Å². The Kier molecular flexibility index (Phi) is 9.12. The lowest BCUT2D eigenvalue weighted by Gasteiger charge is -2.38. The number of methoxy groups -OCH3 is 1. The van der Waals surface area contributed by atoms with Crippen LogP contribution in [0.5, 0.6) is 0 Å². The first-order valence-corrected chi connectivity index (χ1v) is 11.9. The van der Waals surface area contributed by atoms with Gasteiger partial charge in [-0.15, -0.1) is 0 Å². The molecular weight excluding hydrogens is 421 g/mol. The summed E-state index contributed by atoms with van der Waals surface area (Å²) in [4.78, 5) is 16.0. The molecule has 0 aromatic heterocycles. The fraction of sp³-hybridized carbons (Fsp3) is 0.696. The molecule has 7 heteroatoms. The summed E-state index contributed by atoms with van der Waals surface area (Å²) in [6, 6.07) is 5.76. The standard InChI is InChI=1S/C23H35Cl2N3O2/c1-30-22(8-9-23(26)29)18-4-2-17(3-5-18)10-11-27-12-14-28(15-13-27)21-7-6-19(24)16-20(21)25/h6-7,16-18,22H,2-5,8-15H2,1H3,(H2,26,29). The van der Waals surface area contributed by atoms with Gasteiger partial charge in [-0.1, -0.05) is 36.0 Å². The van der Waals surface area contributed by atoms with Gasteiger partial charge >= 0.3 is 0 Å². The third-order valence-corrected chi connectivity index (χ3v) is 7.41. The number of nitrogens with zero attached hydrogens (tertiary/aromatic N) is 2. The molecule has 0 spiro atoms. The first kappa shape index (κ1) is 23.6. The van der Waals surface area contributed by atoms with E-state index in [4.69, 9.17) is 33.7 Å². The minimum atomic E-state index is -0.232. The molecule has 2 fully saturated rings. The van der Waals surface area contributed by atoms with Crippen LogP contribution in [0.2, 0.25) is 10.0 Å². The molecule has 30 heavy (non-hydrogen) atoms. The fourth-order valence-corrected chi connectivity index (χ4v) is 5.52. The molecule has 3 rings (SSSR count). The van der Waals surface area contributed by atoms with Crippen LogP contribution in [-0.4, -0.2) is 56.7 Å². The van der Waals surface area contributed by atoms with Crippen LogP contribution < -0.4 is 10.6 Å². The van der Waals surface area contributed by atoms with Crippen LogP contribution in [0.1, 0.15) is 44.9 Å². The number of hydrogen-bond acceptors (Lipinski definition) is 4. The van der Waals surface area contributed by atoms with Crippen LogP contribution in [0.25, 0.3) is 0 Å². The number of rotatable bonds is 9. The van der Waals surface area contributed by atoms with E-state index in [2.05, 4.69) is 9.80 Å². The molecule has 1 aliphatic heterocycles. The Labute approximate surface area is 190 Å². The monoisotopic (exact) mass is 455 g/mol. The number of anilines is 1. The number of ether oxygens (including phenoxy) is 1. The molecule has 1 saturated carbocycles. The molecule has 5 nitrogen and oxygen atoms in total. The molecule has 1 heterocycles. The summed E-state index contributed by atoms with van der Waals surface area (Å²) in [5, 5.41) is 1.42. The number of carbonyl (C=O) groups is 1. The Morgan fingerprint density at radius 2 is 1.87 bits per heavy atom. The molecular formula is C23H35Cl2N3O2. The second-order valence-corrected chi connectivity index (χ2v) is 9.62. The number of nitrogens with two attached hydrogens (primary N) is 1. The largest absolute Gasteiger partial charge is 0.381 e. The SMILES string of the molecule is COC(CCC(N)=O)C1CCC(CCN2CCN(c3ccc(Cl)cc3Cl)CC2)CC1. The Bertz CT molecular complexity index is 687. The lowest BCUT2D eigenvalue weighted by Crippen LogP contribution is -2.47. The highest BCUT2D eigenvalue weighted by molar-refractivity contribution is 6.36. The summed E-state index contributed by atoms with van der Waals surface area (Å²) in [7, 11) is 1.76. The molecule has 1 aliphatic carbocycles. The van der Waals surface area contributed by atoms with Crippen LogP contribution in [0.4, 0.5) is 5.69 Å². The number of primary amides is 1. The summed E-state index contributed by atoms with van der Waals surface area (Å²) >= 11 is 12.4. The van der Waals surface area contributed by atoms with Crippen molar-refractivity contribution < 1.29 is 9.53 Å². The van der Waals surface area contributed by atoms with Gasteiger partial charge in [-0.25, -0.2) is 0 Å². The Morgan fingerprint density at radius 3 is 2.47 bits per heavy atom. The predicted octanol–water partition coefficient (Wildman–Crippen LogP) is 4.59. The van der Waals surface area contributed by atoms with E-state index in [1.807, 2.05) is 18.2 Å². The zero-order chi connectivity index (χ0) is 21.5. The van der Waals surface area contributed by atoms with Crippen LogP contribution in [0.15, 0.2) is 18.2 Å². The van der Waals surface area contributed by atoms with Crippen molar-refractivity contribution in [1.29, 1.82) is 0 Å². The second-order valence-electron chi connectivity index (χ2n) is 8.77. The Hall–Kier alpha value is -1.01. The van der Waals surface area contributed by atoms with Gasteiger partial charge in [0.15, 0.2) is 0 Å². The van der Waals surface area contributed by atoms with E-state index in [-0.39, 0.29) is 12.0 Å². The van der Waals surface area contributed by atoms with E-state index in [1.165, 1.54) is 38.6 Å². The van der Waals surface area contributed by atoms with E-state index < -0.39 is 0 Å². The number of benzene rings is 1. The second kappa shape index (κ2) is 11.6. The van der Waals surface area contributed by atoms with Crippen molar-refractivity contribution in [3.05, 3.63) is 28.2 Å². The number of halogens is 2. The maximum absolute atomic E-state index is 11.1. The highest BCUT2D eigenvalue weighted by atomic mass is 35.5. The first-order valence-electron chi connectivity index (χ1n) is 11.2. The first-order chi connectivity index (χ1) is 14.5. The van der Waals surface area contributed by atoms with E-state index in [0.717, 1.165) is 49.2 Å². The molecule has 1 amide bonds. The smallest absolute Gasteiger partial charge is 0.217 e. The molecule has 168 valence electrons. The average molecular weight is 456 g/mol. The summed E-state index contributed by atoms with van der Waals surface area (Å²) < 4.78 is 5.65. The van der Waals surface area contributed by atoms with Gasteiger partial charge in [0.05, 0.1) is 16.8 Å². The Balaban J connectivity index is 1.36. The number of hydrogen-bond donors (Lipinski definition) is 1. The highest BCUT2D eigenvalue weighted by Crippen LogP contribution is 2.35. The average Bonchev–Trinajstić information content (AvgIpc) is 2.74. The van der Waals surface area contributed by atoms with Crippen LogP contribution in [0.3, 0.4) is 0 Å². The van der Waals surface area contributed by atoms with E-state index >= 15 is 0 Å². The lowest BCUT2D eigenvalue weighted by molar-refractivity contribution is -0.119. The maximum Gasteiger partial charge on any atom is 0.217 e. The topological polar surface area (TPSA) is 58.8 Å². The van der Waals surface area contributed by atoms with Crippen LogP contribution >= 0.6 is 23.2 Å². The molecule has 1 atom stereocenters. The van der Waals surface area contributed by atoms with Gasteiger partial charge in [-0.3, -0.25) is 9.69 Å². The van der Waals surface area contributed by atoms with Crippen molar-refractivity contribution in [3.63, 3.8) is 0 Å². The highest BCUT2D eigenvalue weighted by Gasteiger charge is 2.28. The van der Waals surface area contributed by atoms with Crippen molar-refractivity contribution in [2.75, 3.05) is 44.7 Å². The van der Waals surface area contributed by atoms with Crippen LogP contribution in [0, 0.1) is 11.8 Å². The molecule has 1 unspecified atom stereocenters. The van der Waals surface area contributed by atoms with Crippen molar-refractivity contribution in [1.82, 2.24) is 4.90 Å². The molecule has 0 bridgehead atoms. The minimum Gasteiger partial charge on any atom is -0.381 e. The van der Waals surface area contributed by atoms with Crippen molar-refractivity contribution >= 4 is 34.8 Å². The van der Waals surface area contributed by atoms with Gasteiger partial charge in [0, 0.05) is 44.7 Å². The van der Waals surface area contributed by atoms with E-state index in [9.17, 15) is 4.79 Å². The third-order valence-electron chi connectivity index (χ3n) is 6.87. The lowest BCUT2D eigenvalue weighted by atomic mass is 9.77. The minimum absolute atomic E-state index is 0.172. The zero-order valence-corrected chi connectivity index (χ0v) is 19.5. The van der Waals surface area contributed by atoms with Gasteiger partial charge in [-0.2, -0.15) is 0 Å². The maximum atomic E-state index is 11.1. The van der Waals surface area contributed by atoms with Crippen LogP contribution in [-0.2, 0) is 9.53 Å². The van der Waals surface area contributed by atoms with Gasteiger partial charge in [0.25, 0.3) is 0 Å². The van der Waals surface area contributed by atoms with E-state index in [0.29, 0.717) is 17.4 Å². The van der Waals surface area contributed by atoms with E-state index in [1.54, 1.807) is 7.11 Å². The molecule has 2 aliphatic rings. The summed E-state index contributed by atoms with van der Waals surface area (Å²) in [5.74, 6) is 1.14. The van der Waals surface area contributed by atoms with Crippen molar-refractivity contribution in [2.24, 2.45) is 17.6 Å². The predicted molar refractivity (Wildman–Crippen MR) is 124 cm³/mol. The van der Waals surface area contributed by atoms with Crippen molar-refractivity contribution in [2.45, 2.75) is 51.0 Å². The zero-order valence-electron chi connectivity index (χ0n) is 18.0. The number of amides is 1. The summed E-state index contributed by atoms with van der Waals surface area (Å²) in [6.07, 6.45) is 7.55. The molecule has 0 radical (unpaired) electrons. The molecule has 1 aromatic carbocycles. The summed E-state index contributed by atoms with van der Waals surface area (Å²) in [6.45, 7) is 5.33. The normalized spacial score (nSPS) is 24.0. The Morgan fingerprint density at radius 1 is 1.17 bits per heavy atom. The fourth-order valence-electron chi connectivity index (χ4n) is 4.99. The number of carbonyl (C=O) groups excluding carboxylic acids is 1. The number of piperazine rings is 1.